The summed E-state index contributed by atoms with van der Waals surface area (Å²) in [6.07, 6.45) is 0. The fourth-order valence-electron chi connectivity index (χ4n) is 2.22. The van der Waals surface area contributed by atoms with E-state index in [1.54, 1.807) is 12.1 Å². The number of aromatic nitrogens is 2. The summed E-state index contributed by atoms with van der Waals surface area (Å²) >= 11 is 3.51. The van der Waals surface area contributed by atoms with Gasteiger partial charge >= 0.3 is 0 Å². The third kappa shape index (κ3) is 4.29. The molecule has 1 heterocycles. The highest BCUT2D eigenvalue weighted by atomic mass is 79.9. The minimum absolute atomic E-state index is 0.239. The Kier molecular flexibility index (Phi) is 5.05. The van der Waals surface area contributed by atoms with Crippen LogP contribution in [0.25, 0.3) is 0 Å². The average molecular weight is 387 g/mol. The number of benzene rings is 2. The Morgan fingerprint density at radius 1 is 1.00 bits per heavy atom. The molecule has 0 atom stereocenters. The SMILES string of the molecule is Cc1nc(NCc2ccc(F)cc2)cc(Nc2ccccc2Br)n1. The predicted molar refractivity (Wildman–Crippen MR) is 97.9 cm³/mol. The van der Waals surface area contributed by atoms with Crippen molar-refractivity contribution in [3.05, 3.63) is 76.3 Å². The van der Waals surface area contributed by atoms with Crippen LogP contribution in [0, 0.1) is 12.7 Å². The molecule has 0 saturated carbocycles. The fraction of sp³-hybridized carbons (Fsp3) is 0.111. The van der Waals surface area contributed by atoms with E-state index in [0.717, 1.165) is 15.7 Å². The predicted octanol–water partition coefficient (Wildman–Crippen LogP) is 5.04. The number of nitrogens with one attached hydrogen (secondary N) is 2. The molecule has 0 bridgehead atoms. The van der Waals surface area contributed by atoms with E-state index in [9.17, 15) is 4.39 Å². The van der Waals surface area contributed by atoms with Gasteiger partial charge in [0.1, 0.15) is 23.3 Å². The first kappa shape index (κ1) is 16.4. The number of anilines is 3. The molecule has 0 aliphatic rings. The van der Waals surface area contributed by atoms with Crippen LogP contribution in [0.2, 0.25) is 0 Å². The van der Waals surface area contributed by atoms with E-state index in [1.165, 1.54) is 12.1 Å². The molecular weight excluding hydrogens is 371 g/mol. The molecule has 0 amide bonds. The summed E-state index contributed by atoms with van der Waals surface area (Å²) in [5, 5.41) is 6.51. The zero-order chi connectivity index (χ0) is 16.9. The Bertz CT molecular complexity index is 837. The van der Waals surface area contributed by atoms with Crippen molar-refractivity contribution in [2.45, 2.75) is 13.5 Å². The molecule has 6 heteroatoms. The number of nitrogens with zero attached hydrogens (tertiary/aromatic N) is 2. The molecule has 1 aromatic heterocycles. The van der Waals surface area contributed by atoms with E-state index in [0.29, 0.717) is 24.0 Å². The third-order valence-electron chi connectivity index (χ3n) is 3.36. The minimum atomic E-state index is -0.239. The molecule has 0 fully saturated rings. The van der Waals surface area contributed by atoms with Gasteiger partial charge in [-0.3, -0.25) is 0 Å². The van der Waals surface area contributed by atoms with Crippen molar-refractivity contribution in [3.8, 4) is 0 Å². The summed E-state index contributed by atoms with van der Waals surface area (Å²) in [6.45, 7) is 2.40. The maximum atomic E-state index is 12.9. The number of aryl methyl sites for hydroxylation is 1. The lowest BCUT2D eigenvalue weighted by Crippen LogP contribution is -2.05. The van der Waals surface area contributed by atoms with Crippen LogP contribution in [0.3, 0.4) is 0 Å². The summed E-state index contributed by atoms with van der Waals surface area (Å²) in [5.41, 5.74) is 1.91. The van der Waals surface area contributed by atoms with Crippen LogP contribution in [0.15, 0.2) is 59.1 Å². The second-order valence-electron chi connectivity index (χ2n) is 5.27. The molecule has 0 aliphatic heterocycles. The van der Waals surface area contributed by atoms with Crippen LogP contribution in [0.1, 0.15) is 11.4 Å². The van der Waals surface area contributed by atoms with Crippen molar-refractivity contribution >= 4 is 33.3 Å². The lowest BCUT2D eigenvalue weighted by atomic mass is 10.2. The first-order chi connectivity index (χ1) is 11.6. The average Bonchev–Trinajstić information content (AvgIpc) is 2.56. The van der Waals surface area contributed by atoms with Crippen LogP contribution in [0.5, 0.6) is 0 Å². The Labute approximate surface area is 148 Å². The Hall–Kier alpha value is -2.47. The van der Waals surface area contributed by atoms with Gasteiger partial charge in [0.25, 0.3) is 0 Å². The number of halogens is 2. The molecular formula is C18H16BrFN4. The van der Waals surface area contributed by atoms with Crippen LogP contribution < -0.4 is 10.6 Å². The Balaban J connectivity index is 1.74. The minimum Gasteiger partial charge on any atom is -0.366 e. The lowest BCUT2D eigenvalue weighted by molar-refractivity contribution is 0.627. The van der Waals surface area contributed by atoms with Crippen LogP contribution in [-0.4, -0.2) is 9.97 Å². The van der Waals surface area contributed by atoms with Crippen molar-refractivity contribution in [1.82, 2.24) is 9.97 Å². The Morgan fingerprint density at radius 2 is 1.71 bits per heavy atom. The van der Waals surface area contributed by atoms with E-state index >= 15 is 0 Å². The standard InChI is InChI=1S/C18H16BrFN4/c1-12-22-17(21-11-13-6-8-14(20)9-7-13)10-18(23-12)24-16-5-3-2-4-15(16)19/h2-10H,11H2,1H3,(H2,21,22,23,24). The smallest absolute Gasteiger partial charge is 0.136 e. The molecule has 0 aliphatic carbocycles. The molecule has 0 saturated heterocycles. The summed E-state index contributed by atoms with van der Waals surface area (Å²) in [7, 11) is 0. The van der Waals surface area contributed by atoms with Gasteiger partial charge in [-0.25, -0.2) is 14.4 Å². The molecule has 0 radical (unpaired) electrons. The maximum absolute atomic E-state index is 12.9. The van der Waals surface area contributed by atoms with Gasteiger partial charge in [-0.05, 0) is 52.7 Å². The highest BCUT2D eigenvalue weighted by Gasteiger charge is 2.05. The molecule has 122 valence electrons. The first-order valence-electron chi connectivity index (χ1n) is 7.46. The van der Waals surface area contributed by atoms with Gasteiger partial charge in [0.2, 0.25) is 0 Å². The fourth-order valence-corrected chi connectivity index (χ4v) is 2.60. The van der Waals surface area contributed by atoms with Gasteiger partial charge in [0.15, 0.2) is 0 Å². The molecule has 24 heavy (non-hydrogen) atoms. The largest absolute Gasteiger partial charge is 0.366 e. The van der Waals surface area contributed by atoms with E-state index in [2.05, 4.69) is 36.5 Å². The molecule has 2 N–H and O–H groups in total. The van der Waals surface area contributed by atoms with Gasteiger partial charge in [-0.2, -0.15) is 0 Å². The lowest BCUT2D eigenvalue weighted by Gasteiger charge is -2.11. The number of hydrogen-bond donors (Lipinski definition) is 2. The van der Waals surface area contributed by atoms with Gasteiger partial charge in [0.05, 0.1) is 5.69 Å². The van der Waals surface area contributed by atoms with Crippen molar-refractivity contribution in [2.24, 2.45) is 0 Å². The number of para-hydroxylation sites is 1. The molecule has 0 spiro atoms. The first-order valence-corrected chi connectivity index (χ1v) is 8.25. The normalized spacial score (nSPS) is 10.5. The van der Waals surface area contributed by atoms with Crippen molar-refractivity contribution in [3.63, 3.8) is 0 Å². The van der Waals surface area contributed by atoms with Crippen molar-refractivity contribution in [1.29, 1.82) is 0 Å². The molecule has 3 rings (SSSR count). The summed E-state index contributed by atoms with van der Waals surface area (Å²) in [4.78, 5) is 8.79. The van der Waals surface area contributed by atoms with Crippen molar-refractivity contribution in [2.75, 3.05) is 10.6 Å². The maximum Gasteiger partial charge on any atom is 0.136 e. The van der Waals surface area contributed by atoms with Gasteiger partial charge in [0, 0.05) is 17.1 Å². The molecule has 4 nitrogen and oxygen atoms in total. The highest BCUT2D eigenvalue weighted by Crippen LogP contribution is 2.25. The van der Waals surface area contributed by atoms with Gasteiger partial charge in [-0.1, -0.05) is 24.3 Å². The summed E-state index contributed by atoms with van der Waals surface area (Å²) < 4.78 is 13.9. The summed E-state index contributed by atoms with van der Waals surface area (Å²) in [5.74, 6) is 1.84. The highest BCUT2D eigenvalue weighted by molar-refractivity contribution is 9.10. The zero-order valence-electron chi connectivity index (χ0n) is 13.1. The second-order valence-corrected chi connectivity index (χ2v) is 6.12. The van der Waals surface area contributed by atoms with Crippen LogP contribution in [0.4, 0.5) is 21.7 Å². The molecule has 3 aromatic rings. The van der Waals surface area contributed by atoms with E-state index in [1.807, 2.05) is 37.3 Å². The zero-order valence-corrected chi connectivity index (χ0v) is 14.6. The monoisotopic (exact) mass is 386 g/mol. The molecule has 2 aromatic carbocycles. The number of rotatable bonds is 5. The second kappa shape index (κ2) is 7.40. The van der Waals surface area contributed by atoms with Gasteiger partial charge < -0.3 is 10.6 Å². The van der Waals surface area contributed by atoms with E-state index < -0.39 is 0 Å². The van der Waals surface area contributed by atoms with Crippen LogP contribution >= 0.6 is 15.9 Å². The number of hydrogen-bond acceptors (Lipinski definition) is 4. The molecule has 0 unspecified atom stereocenters. The van der Waals surface area contributed by atoms with E-state index in [-0.39, 0.29) is 5.82 Å². The van der Waals surface area contributed by atoms with Crippen molar-refractivity contribution < 1.29 is 4.39 Å². The van der Waals surface area contributed by atoms with Crippen LogP contribution in [-0.2, 0) is 6.54 Å². The third-order valence-corrected chi connectivity index (χ3v) is 4.05. The van der Waals surface area contributed by atoms with Gasteiger partial charge in [-0.15, -0.1) is 0 Å². The van der Waals surface area contributed by atoms with E-state index in [4.69, 9.17) is 0 Å². The topological polar surface area (TPSA) is 49.8 Å². The Morgan fingerprint density at radius 3 is 2.46 bits per heavy atom. The summed E-state index contributed by atoms with van der Waals surface area (Å²) in [6, 6.07) is 16.1. The quantitative estimate of drug-likeness (QED) is 0.644.